The summed E-state index contributed by atoms with van der Waals surface area (Å²) in [6.07, 6.45) is 3.86. The van der Waals surface area contributed by atoms with Crippen LogP contribution in [0.25, 0.3) is 71.5 Å². The number of benzene rings is 3. The Hall–Kier alpha value is -4.64. The highest BCUT2D eigenvalue weighted by molar-refractivity contribution is 6.34. The van der Waals surface area contributed by atoms with Crippen LogP contribution in [0.5, 0.6) is 0 Å². The minimum atomic E-state index is 0.764. The van der Waals surface area contributed by atoms with Gasteiger partial charge in [-0.2, -0.15) is 0 Å². The van der Waals surface area contributed by atoms with Gasteiger partial charge in [0.05, 0.1) is 45.2 Å². The second-order valence-electron chi connectivity index (χ2n) is 8.38. The van der Waals surface area contributed by atoms with E-state index in [2.05, 4.69) is 63.1 Å². The van der Waals surface area contributed by atoms with E-state index in [9.17, 15) is 0 Å². The second-order valence-corrected chi connectivity index (χ2v) is 8.38. The maximum atomic E-state index is 6.56. The molecule has 0 aliphatic rings. The highest BCUT2D eigenvalue weighted by Gasteiger charge is 2.24. The van der Waals surface area contributed by atoms with Crippen molar-refractivity contribution in [3.05, 3.63) is 91.3 Å². The van der Waals surface area contributed by atoms with Crippen molar-refractivity contribution >= 4 is 65.8 Å². The third-order valence-corrected chi connectivity index (χ3v) is 6.63. The minimum absolute atomic E-state index is 0.764. The molecular formula is C28H16N4O. The summed E-state index contributed by atoms with van der Waals surface area (Å²) in [4.78, 5) is 12.9. The lowest BCUT2D eigenvalue weighted by atomic mass is 10.0. The molecule has 0 saturated heterocycles. The summed E-state index contributed by atoms with van der Waals surface area (Å²) in [6.45, 7) is 0. The molecule has 1 N–H and O–H groups in total. The molecule has 5 aromatic heterocycles. The summed E-state index contributed by atoms with van der Waals surface area (Å²) in [6, 6.07) is 26.9. The van der Waals surface area contributed by atoms with Gasteiger partial charge < -0.3 is 9.40 Å². The van der Waals surface area contributed by atoms with E-state index in [-0.39, 0.29) is 0 Å². The number of H-pyrrole nitrogens is 1. The topological polar surface area (TPSA) is 59.6 Å². The molecule has 0 spiro atoms. The van der Waals surface area contributed by atoms with Gasteiger partial charge in [0.25, 0.3) is 0 Å². The first-order chi connectivity index (χ1) is 16.4. The number of para-hydroxylation sites is 3. The predicted octanol–water partition coefficient (Wildman–Crippen LogP) is 7.11. The van der Waals surface area contributed by atoms with Crippen LogP contribution in [0.4, 0.5) is 0 Å². The van der Waals surface area contributed by atoms with E-state index >= 15 is 0 Å². The van der Waals surface area contributed by atoms with Crippen molar-refractivity contribution in [2.45, 2.75) is 0 Å². The molecule has 154 valence electrons. The van der Waals surface area contributed by atoms with Crippen LogP contribution in [0.1, 0.15) is 0 Å². The molecule has 0 aliphatic carbocycles. The first-order valence-electron chi connectivity index (χ1n) is 10.9. The zero-order valence-electron chi connectivity index (χ0n) is 17.4. The molecule has 0 aliphatic heterocycles. The molecule has 8 aromatic rings. The fourth-order valence-electron chi connectivity index (χ4n) is 5.27. The molecule has 0 unspecified atom stereocenters. The number of aromatic nitrogens is 4. The molecule has 5 heterocycles. The monoisotopic (exact) mass is 424 g/mol. The average molecular weight is 424 g/mol. The Labute approximate surface area is 186 Å². The van der Waals surface area contributed by atoms with Crippen LogP contribution in [0.2, 0.25) is 0 Å². The normalized spacial score (nSPS) is 12.2. The van der Waals surface area contributed by atoms with E-state index < -0.39 is 0 Å². The quantitative estimate of drug-likeness (QED) is 0.305. The van der Waals surface area contributed by atoms with Crippen LogP contribution in [-0.2, 0) is 0 Å². The third kappa shape index (κ3) is 2.11. The molecule has 8 rings (SSSR count). The van der Waals surface area contributed by atoms with Gasteiger partial charge in [0.1, 0.15) is 0 Å². The van der Waals surface area contributed by atoms with E-state index in [1.54, 1.807) is 0 Å². The van der Waals surface area contributed by atoms with Crippen LogP contribution in [0.15, 0.2) is 95.7 Å². The summed E-state index contributed by atoms with van der Waals surface area (Å²) in [5, 5.41) is 6.72. The molecule has 5 nitrogen and oxygen atoms in total. The van der Waals surface area contributed by atoms with Gasteiger partial charge in [-0.3, -0.25) is 14.5 Å². The summed E-state index contributed by atoms with van der Waals surface area (Å²) in [5.74, 6) is 0. The van der Waals surface area contributed by atoms with Crippen LogP contribution >= 0.6 is 0 Å². The highest BCUT2D eigenvalue weighted by Crippen LogP contribution is 2.45. The van der Waals surface area contributed by atoms with Crippen LogP contribution < -0.4 is 0 Å². The number of aromatic amines is 1. The van der Waals surface area contributed by atoms with Crippen LogP contribution in [0, 0.1) is 0 Å². The van der Waals surface area contributed by atoms with Crippen molar-refractivity contribution in [2.24, 2.45) is 0 Å². The zero-order chi connectivity index (χ0) is 21.5. The number of fused-ring (bicyclic) bond motifs is 11. The number of rotatable bonds is 1. The lowest BCUT2D eigenvalue weighted by Crippen LogP contribution is -1.93. The van der Waals surface area contributed by atoms with Gasteiger partial charge in [0.2, 0.25) is 11.4 Å². The molecule has 0 fully saturated rings. The Morgan fingerprint density at radius 1 is 0.636 bits per heavy atom. The Kier molecular flexibility index (Phi) is 3.08. The van der Waals surface area contributed by atoms with Crippen molar-refractivity contribution in [1.29, 1.82) is 0 Å². The van der Waals surface area contributed by atoms with E-state index in [0.717, 1.165) is 71.5 Å². The standard InChI is InChI=1S/C28H16N4O/c1-2-8-16(9-3-1)32-22-15-30-20-13-7-5-11-18(20)24(22)26-25-23-17-10-4-6-12-19(17)29-14-21(23)31-27(25)33-28(26)32/h1-15,31H. The number of hydrogen-bond acceptors (Lipinski definition) is 3. The van der Waals surface area contributed by atoms with E-state index in [4.69, 9.17) is 9.40 Å². The number of hydrogen-bond donors (Lipinski definition) is 1. The van der Waals surface area contributed by atoms with Gasteiger partial charge in [0, 0.05) is 27.2 Å². The highest BCUT2D eigenvalue weighted by atomic mass is 16.4. The molecule has 0 amide bonds. The van der Waals surface area contributed by atoms with Crippen LogP contribution in [-0.4, -0.2) is 19.5 Å². The minimum Gasteiger partial charge on any atom is -0.423 e. The fraction of sp³-hybridized carbons (Fsp3) is 0. The molecular weight excluding hydrogens is 408 g/mol. The predicted molar refractivity (Wildman–Crippen MR) is 133 cm³/mol. The van der Waals surface area contributed by atoms with Gasteiger partial charge in [-0.05, 0) is 24.3 Å². The summed E-state index contributed by atoms with van der Waals surface area (Å²) >= 11 is 0. The van der Waals surface area contributed by atoms with Crippen molar-refractivity contribution in [3.8, 4) is 5.69 Å². The smallest absolute Gasteiger partial charge is 0.215 e. The van der Waals surface area contributed by atoms with Gasteiger partial charge >= 0.3 is 0 Å². The molecule has 0 atom stereocenters. The van der Waals surface area contributed by atoms with E-state index in [0.29, 0.717) is 0 Å². The van der Waals surface area contributed by atoms with Gasteiger partial charge in [-0.15, -0.1) is 0 Å². The molecule has 33 heavy (non-hydrogen) atoms. The number of nitrogens with zero attached hydrogens (tertiary/aromatic N) is 3. The largest absolute Gasteiger partial charge is 0.423 e. The number of pyridine rings is 2. The van der Waals surface area contributed by atoms with E-state index in [1.165, 1.54) is 0 Å². The lowest BCUT2D eigenvalue weighted by molar-refractivity contribution is 0.634. The first-order valence-corrected chi connectivity index (χ1v) is 10.9. The Morgan fingerprint density at radius 3 is 2.09 bits per heavy atom. The zero-order valence-corrected chi connectivity index (χ0v) is 17.4. The van der Waals surface area contributed by atoms with Crippen molar-refractivity contribution in [2.75, 3.05) is 0 Å². The maximum Gasteiger partial charge on any atom is 0.215 e. The Bertz CT molecular complexity index is 2030. The number of nitrogens with one attached hydrogen (secondary N) is 1. The average Bonchev–Trinajstić information content (AvgIpc) is 3.50. The fourth-order valence-corrected chi connectivity index (χ4v) is 5.27. The van der Waals surface area contributed by atoms with Gasteiger partial charge in [-0.1, -0.05) is 54.6 Å². The molecule has 5 heteroatoms. The molecule has 0 saturated carbocycles. The molecule has 0 bridgehead atoms. The summed E-state index contributed by atoms with van der Waals surface area (Å²) in [5.41, 5.74) is 6.57. The second kappa shape index (κ2) is 5.99. The summed E-state index contributed by atoms with van der Waals surface area (Å²) < 4.78 is 8.73. The van der Waals surface area contributed by atoms with Crippen molar-refractivity contribution in [1.82, 2.24) is 19.5 Å². The molecule has 0 radical (unpaired) electrons. The van der Waals surface area contributed by atoms with Gasteiger partial charge in [0.15, 0.2) is 0 Å². The summed E-state index contributed by atoms with van der Waals surface area (Å²) in [7, 11) is 0. The first kappa shape index (κ1) is 17.0. The maximum absolute atomic E-state index is 6.56. The third-order valence-electron chi connectivity index (χ3n) is 6.63. The lowest BCUT2D eigenvalue weighted by Gasteiger charge is -2.06. The molecule has 3 aromatic carbocycles. The van der Waals surface area contributed by atoms with E-state index in [1.807, 2.05) is 42.7 Å². The van der Waals surface area contributed by atoms with Crippen molar-refractivity contribution < 1.29 is 4.42 Å². The van der Waals surface area contributed by atoms with Gasteiger partial charge in [-0.25, -0.2) is 0 Å². The van der Waals surface area contributed by atoms with Crippen molar-refractivity contribution in [3.63, 3.8) is 0 Å². The number of furan rings is 1. The van der Waals surface area contributed by atoms with Crippen LogP contribution in [0.3, 0.4) is 0 Å². The Morgan fingerprint density at radius 2 is 1.30 bits per heavy atom. The Balaban J connectivity index is 1.71. The SMILES string of the molecule is c1ccc(-n2c3cnc4ccccc4c3c3c4c([nH]c5cnc6ccccc6c54)oc32)cc1.